The molecule has 0 spiro atoms. The molecule has 3 unspecified atom stereocenters. The van der Waals surface area contributed by atoms with E-state index in [9.17, 15) is 14.4 Å². The van der Waals surface area contributed by atoms with Crippen LogP contribution in [0.1, 0.15) is 41.5 Å². The lowest BCUT2D eigenvalue weighted by atomic mass is 9.82. The molecule has 6 nitrogen and oxygen atoms in total. The largest absolute Gasteiger partial charge is 0.466 e. The highest BCUT2D eigenvalue weighted by Gasteiger charge is 2.31. The van der Waals surface area contributed by atoms with Crippen LogP contribution in [0.3, 0.4) is 0 Å². The molecule has 6 heteroatoms. The van der Waals surface area contributed by atoms with E-state index in [0.29, 0.717) is 0 Å². The molecule has 0 fully saturated rings. The predicted octanol–water partition coefficient (Wildman–Crippen LogP) is 1.70. The van der Waals surface area contributed by atoms with Gasteiger partial charge in [0.1, 0.15) is 0 Å². The van der Waals surface area contributed by atoms with Crippen molar-refractivity contribution in [2.24, 2.45) is 11.3 Å². The zero-order valence-corrected chi connectivity index (χ0v) is 13.2. The van der Waals surface area contributed by atoms with Gasteiger partial charge < -0.3 is 14.2 Å². The van der Waals surface area contributed by atoms with Gasteiger partial charge in [-0.05, 0) is 19.3 Å². The van der Waals surface area contributed by atoms with Crippen LogP contribution in [0, 0.1) is 11.3 Å². The fraction of sp³-hybridized carbons (Fsp3) is 0.786. The highest BCUT2D eigenvalue weighted by Crippen LogP contribution is 2.26. The molecule has 0 saturated carbocycles. The van der Waals surface area contributed by atoms with Gasteiger partial charge in [0, 0.05) is 0 Å². The van der Waals surface area contributed by atoms with Crippen molar-refractivity contribution in [2.75, 3.05) is 7.11 Å². The van der Waals surface area contributed by atoms with E-state index in [0.717, 1.165) is 0 Å². The summed E-state index contributed by atoms with van der Waals surface area (Å²) in [5.41, 5.74) is -0.264. The fourth-order valence-electron chi connectivity index (χ4n) is 1.16. The van der Waals surface area contributed by atoms with Crippen LogP contribution >= 0.6 is 0 Å². The van der Waals surface area contributed by atoms with Gasteiger partial charge in [0.2, 0.25) is 0 Å². The number of esters is 3. The zero-order chi connectivity index (χ0) is 16.1. The molecule has 0 aromatic heterocycles. The van der Waals surface area contributed by atoms with Gasteiger partial charge in [-0.1, -0.05) is 27.7 Å². The van der Waals surface area contributed by atoms with Crippen molar-refractivity contribution in [1.82, 2.24) is 0 Å². The van der Waals surface area contributed by atoms with Crippen molar-refractivity contribution >= 4 is 17.9 Å². The summed E-state index contributed by atoms with van der Waals surface area (Å²) < 4.78 is 14.3. The van der Waals surface area contributed by atoms with Crippen LogP contribution in [-0.2, 0) is 28.6 Å². The molecule has 0 N–H and O–H groups in total. The van der Waals surface area contributed by atoms with Crippen LogP contribution in [0.15, 0.2) is 0 Å². The maximum absolute atomic E-state index is 11.9. The third kappa shape index (κ3) is 5.59. The van der Waals surface area contributed by atoms with Gasteiger partial charge in [0.25, 0.3) is 0 Å². The zero-order valence-electron chi connectivity index (χ0n) is 13.2. The number of ether oxygens (including phenoxy) is 3. The van der Waals surface area contributed by atoms with Crippen molar-refractivity contribution < 1.29 is 28.6 Å². The Morgan fingerprint density at radius 2 is 1.20 bits per heavy atom. The van der Waals surface area contributed by atoms with Crippen LogP contribution in [0.2, 0.25) is 0 Å². The van der Waals surface area contributed by atoms with E-state index in [-0.39, 0.29) is 11.3 Å². The number of hydrogen-bond acceptors (Lipinski definition) is 6. The van der Waals surface area contributed by atoms with Gasteiger partial charge in [-0.2, -0.15) is 0 Å². The van der Waals surface area contributed by atoms with E-state index in [1.54, 1.807) is 6.92 Å². The van der Waals surface area contributed by atoms with Gasteiger partial charge >= 0.3 is 17.9 Å². The van der Waals surface area contributed by atoms with Crippen LogP contribution < -0.4 is 0 Å². The molecule has 0 heterocycles. The Hall–Kier alpha value is -1.59. The number of hydrogen-bond donors (Lipinski definition) is 0. The second-order valence-electron chi connectivity index (χ2n) is 5.77. The van der Waals surface area contributed by atoms with Gasteiger partial charge in [-0.3, -0.25) is 4.79 Å². The predicted molar refractivity (Wildman–Crippen MR) is 71.7 cm³/mol. The second kappa shape index (κ2) is 7.26. The van der Waals surface area contributed by atoms with E-state index in [2.05, 4.69) is 4.74 Å². The van der Waals surface area contributed by atoms with Gasteiger partial charge in [-0.25, -0.2) is 9.59 Å². The van der Waals surface area contributed by atoms with Crippen molar-refractivity contribution in [3.63, 3.8) is 0 Å². The van der Waals surface area contributed by atoms with E-state index >= 15 is 0 Å². The molecule has 0 amide bonds. The molecule has 0 saturated heterocycles. The normalized spacial score (nSPS) is 15.8. The summed E-state index contributed by atoms with van der Waals surface area (Å²) in [6.07, 6.45) is -2.10. The summed E-state index contributed by atoms with van der Waals surface area (Å²) in [5.74, 6) is -2.29. The minimum absolute atomic E-state index is 0.264. The summed E-state index contributed by atoms with van der Waals surface area (Å²) in [6, 6.07) is 0. The number of carbonyl (C=O) groups excluding carboxylic acids is 3. The molecule has 0 radical (unpaired) electrons. The Bertz CT molecular complexity index is 368. The number of methoxy groups -OCH3 is 1. The van der Waals surface area contributed by atoms with E-state index in [4.69, 9.17) is 9.47 Å². The lowest BCUT2D eigenvalue weighted by Crippen LogP contribution is -2.36. The second-order valence-corrected chi connectivity index (χ2v) is 5.77. The highest BCUT2D eigenvalue weighted by molar-refractivity contribution is 5.83. The Labute approximate surface area is 119 Å². The van der Waals surface area contributed by atoms with Crippen molar-refractivity contribution in [1.29, 1.82) is 0 Å². The van der Waals surface area contributed by atoms with E-state index < -0.39 is 30.1 Å². The number of rotatable bonds is 5. The topological polar surface area (TPSA) is 78.9 Å². The monoisotopic (exact) mass is 288 g/mol. The third-order valence-electron chi connectivity index (χ3n) is 3.10. The Balaban J connectivity index is 4.47. The van der Waals surface area contributed by atoms with Crippen molar-refractivity contribution in [3.05, 3.63) is 0 Å². The molecule has 0 aromatic rings. The Morgan fingerprint density at radius 3 is 1.60 bits per heavy atom. The summed E-state index contributed by atoms with van der Waals surface area (Å²) in [5, 5.41) is 0. The first kappa shape index (κ1) is 18.4. The maximum Gasteiger partial charge on any atom is 0.347 e. The van der Waals surface area contributed by atoms with Gasteiger partial charge in [0.15, 0.2) is 12.2 Å². The quantitative estimate of drug-likeness (QED) is 0.566. The average Bonchev–Trinajstić information content (AvgIpc) is 2.35. The lowest BCUT2D eigenvalue weighted by molar-refractivity contribution is -0.178. The summed E-state index contributed by atoms with van der Waals surface area (Å²) in [4.78, 5) is 34.7. The van der Waals surface area contributed by atoms with E-state index in [1.807, 2.05) is 20.8 Å². The molecule has 0 aromatic carbocycles. The molecule has 0 rings (SSSR count). The summed E-state index contributed by atoms with van der Waals surface area (Å²) in [6.45, 7) is 10.2. The molecule has 116 valence electrons. The molecule has 20 heavy (non-hydrogen) atoms. The third-order valence-corrected chi connectivity index (χ3v) is 3.10. The van der Waals surface area contributed by atoms with Gasteiger partial charge in [-0.15, -0.1) is 0 Å². The molecular weight excluding hydrogens is 264 g/mol. The minimum atomic E-state index is -1.07. The fourth-order valence-corrected chi connectivity index (χ4v) is 1.16. The first-order valence-corrected chi connectivity index (χ1v) is 6.49. The smallest absolute Gasteiger partial charge is 0.347 e. The van der Waals surface area contributed by atoms with Crippen LogP contribution in [0.25, 0.3) is 0 Å². The summed E-state index contributed by atoms with van der Waals surface area (Å²) >= 11 is 0. The molecule has 3 atom stereocenters. The minimum Gasteiger partial charge on any atom is -0.466 e. The first-order valence-electron chi connectivity index (χ1n) is 6.49. The average molecular weight is 288 g/mol. The maximum atomic E-state index is 11.9. The highest BCUT2D eigenvalue weighted by atomic mass is 16.6. The van der Waals surface area contributed by atoms with E-state index in [1.165, 1.54) is 21.0 Å². The van der Waals surface area contributed by atoms with Crippen LogP contribution in [0.5, 0.6) is 0 Å². The number of carbonyl (C=O) groups is 3. The molecule has 0 aliphatic rings. The van der Waals surface area contributed by atoms with Crippen molar-refractivity contribution in [3.8, 4) is 0 Å². The van der Waals surface area contributed by atoms with Gasteiger partial charge in [0.05, 0.1) is 13.0 Å². The Morgan fingerprint density at radius 1 is 0.800 bits per heavy atom. The molecule has 0 aliphatic heterocycles. The molecular formula is C14H24O6. The molecule has 0 aliphatic carbocycles. The first-order chi connectivity index (χ1) is 9.00. The van der Waals surface area contributed by atoms with Crippen LogP contribution in [0.4, 0.5) is 0 Å². The lowest BCUT2D eigenvalue weighted by Gasteiger charge is -2.26. The molecule has 0 bridgehead atoms. The Kier molecular flexibility index (Phi) is 6.68. The summed E-state index contributed by atoms with van der Waals surface area (Å²) in [7, 11) is 1.20. The SMILES string of the molecule is COC(=O)C(C)OC(=O)C(C)OC(=O)C(C)C(C)(C)C. The van der Waals surface area contributed by atoms with Crippen molar-refractivity contribution in [2.45, 2.75) is 53.8 Å². The van der Waals surface area contributed by atoms with Crippen LogP contribution in [-0.4, -0.2) is 37.2 Å². The standard InChI is InChI=1S/C14H24O6/c1-8(14(4,5)6)11(15)19-10(3)13(17)20-9(2)12(16)18-7/h8-10H,1-7H3.